The van der Waals surface area contributed by atoms with Gasteiger partial charge in [-0.1, -0.05) is 54.6 Å². The SMILES string of the molecule is O=c1c2c(ncn2Cc2ccccc2F)n(-c2cccc(F)c2)c(=O)n1Cc1ccccc1. The van der Waals surface area contributed by atoms with Gasteiger partial charge in [0.2, 0.25) is 0 Å². The maximum absolute atomic E-state index is 14.3. The Morgan fingerprint density at radius 3 is 2.33 bits per heavy atom. The van der Waals surface area contributed by atoms with E-state index in [1.807, 2.05) is 18.2 Å². The predicted molar refractivity (Wildman–Crippen MR) is 121 cm³/mol. The van der Waals surface area contributed by atoms with Crippen molar-refractivity contribution in [2.75, 3.05) is 0 Å². The molecule has 0 N–H and O–H groups in total. The molecule has 0 radical (unpaired) electrons. The molecule has 2 aromatic heterocycles. The van der Waals surface area contributed by atoms with Crippen LogP contribution in [0.2, 0.25) is 0 Å². The van der Waals surface area contributed by atoms with E-state index in [2.05, 4.69) is 4.98 Å². The summed E-state index contributed by atoms with van der Waals surface area (Å²) in [7, 11) is 0. The summed E-state index contributed by atoms with van der Waals surface area (Å²) < 4.78 is 32.1. The lowest BCUT2D eigenvalue weighted by molar-refractivity contribution is 0.600. The Morgan fingerprint density at radius 1 is 0.818 bits per heavy atom. The molecular formula is C25H18F2N4O2. The third kappa shape index (κ3) is 3.76. The van der Waals surface area contributed by atoms with Gasteiger partial charge in [0.15, 0.2) is 11.2 Å². The van der Waals surface area contributed by atoms with Crippen molar-refractivity contribution >= 4 is 11.2 Å². The van der Waals surface area contributed by atoms with Crippen molar-refractivity contribution < 1.29 is 8.78 Å². The van der Waals surface area contributed by atoms with Crippen molar-refractivity contribution in [3.05, 3.63) is 129 Å². The number of halogens is 2. The fraction of sp³-hybridized carbons (Fsp3) is 0.0800. The third-order valence-electron chi connectivity index (χ3n) is 5.45. The Balaban J connectivity index is 1.78. The quantitative estimate of drug-likeness (QED) is 0.415. The molecule has 0 aliphatic rings. The fourth-order valence-corrected chi connectivity index (χ4v) is 3.86. The number of aromatic nitrogens is 4. The molecule has 2 heterocycles. The van der Waals surface area contributed by atoms with Gasteiger partial charge in [0.25, 0.3) is 5.56 Å². The van der Waals surface area contributed by atoms with Crippen molar-refractivity contribution in [3.63, 3.8) is 0 Å². The van der Waals surface area contributed by atoms with E-state index >= 15 is 0 Å². The number of hydrogen-bond acceptors (Lipinski definition) is 3. The number of hydrogen-bond donors (Lipinski definition) is 0. The van der Waals surface area contributed by atoms with E-state index in [9.17, 15) is 18.4 Å². The zero-order chi connectivity index (χ0) is 22.9. The molecule has 33 heavy (non-hydrogen) atoms. The van der Waals surface area contributed by atoms with Gasteiger partial charge in [0, 0.05) is 5.56 Å². The van der Waals surface area contributed by atoms with Gasteiger partial charge >= 0.3 is 5.69 Å². The predicted octanol–water partition coefficient (Wildman–Crippen LogP) is 3.72. The highest BCUT2D eigenvalue weighted by Gasteiger charge is 2.20. The second-order valence-electron chi connectivity index (χ2n) is 7.61. The molecule has 0 fully saturated rings. The molecule has 0 aliphatic heterocycles. The molecule has 0 bridgehead atoms. The monoisotopic (exact) mass is 444 g/mol. The normalized spacial score (nSPS) is 11.2. The lowest BCUT2D eigenvalue weighted by atomic mass is 10.2. The molecule has 6 nitrogen and oxygen atoms in total. The topological polar surface area (TPSA) is 61.8 Å². The van der Waals surface area contributed by atoms with Crippen LogP contribution in [0.15, 0.2) is 94.8 Å². The van der Waals surface area contributed by atoms with Gasteiger partial charge in [-0.05, 0) is 29.8 Å². The van der Waals surface area contributed by atoms with Gasteiger partial charge in [0.05, 0.1) is 25.1 Å². The molecule has 0 aliphatic carbocycles. The van der Waals surface area contributed by atoms with Crippen molar-refractivity contribution in [3.8, 4) is 5.69 Å². The molecular weight excluding hydrogens is 426 g/mol. The summed E-state index contributed by atoms with van der Waals surface area (Å²) in [6.07, 6.45) is 1.39. The van der Waals surface area contributed by atoms with E-state index < -0.39 is 22.9 Å². The van der Waals surface area contributed by atoms with Crippen molar-refractivity contribution in [1.82, 2.24) is 18.7 Å². The Hall–Kier alpha value is -4.33. The molecule has 0 saturated carbocycles. The van der Waals surface area contributed by atoms with Crippen LogP contribution in [0, 0.1) is 11.6 Å². The zero-order valence-electron chi connectivity index (χ0n) is 17.4. The largest absolute Gasteiger partial charge is 0.337 e. The standard InChI is InChI=1S/C25H18F2N4O2/c26-19-10-6-11-20(13-19)31-23-22(29(16-28-23)15-18-9-4-5-12-21(18)27)24(32)30(25(31)33)14-17-7-2-1-3-8-17/h1-13,16H,14-15H2. The number of nitrogens with zero attached hydrogens (tertiary/aromatic N) is 4. The van der Waals surface area contributed by atoms with Crippen LogP contribution in [0.3, 0.4) is 0 Å². The van der Waals surface area contributed by atoms with E-state index in [4.69, 9.17) is 0 Å². The minimum absolute atomic E-state index is 0.0225. The highest BCUT2D eigenvalue weighted by molar-refractivity contribution is 5.72. The van der Waals surface area contributed by atoms with Crippen molar-refractivity contribution in [2.45, 2.75) is 13.1 Å². The summed E-state index contributed by atoms with van der Waals surface area (Å²) in [5.74, 6) is -0.943. The lowest BCUT2D eigenvalue weighted by Crippen LogP contribution is -2.40. The van der Waals surface area contributed by atoms with E-state index in [0.717, 1.165) is 10.1 Å². The highest BCUT2D eigenvalue weighted by atomic mass is 19.1. The van der Waals surface area contributed by atoms with Crippen LogP contribution < -0.4 is 11.2 Å². The smallest absolute Gasteiger partial charge is 0.320 e. The molecule has 3 aromatic carbocycles. The van der Waals surface area contributed by atoms with Crippen molar-refractivity contribution in [2.24, 2.45) is 0 Å². The van der Waals surface area contributed by atoms with Crippen LogP contribution in [-0.4, -0.2) is 18.7 Å². The summed E-state index contributed by atoms with van der Waals surface area (Å²) in [5.41, 5.74) is 0.368. The van der Waals surface area contributed by atoms with Crippen LogP contribution in [0.25, 0.3) is 16.9 Å². The summed E-state index contributed by atoms with van der Waals surface area (Å²) in [6, 6.07) is 20.8. The summed E-state index contributed by atoms with van der Waals surface area (Å²) >= 11 is 0. The zero-order valence-corrected chi connectivity index (χ0v) is 17.4. The first-order chi connectivity index (χ1) is 16.0. The second-order valence-corrected chi connectivity index (χ2v) is 7.61. The van der Waals surface area contributed by atoms with Gasteiger partial charge in [-0.3, -0.25) is 9.36 Å². The first kappa shape index (κ1) is 20.6. The molecule has 0 saturated heterocycles. The number of imidazole rings is 1. The second kappa shape index (κ2) is 8.31. The Bertz CT molecular complexity index is 1590. The van der Waals surface area contributed by atoms with Crippen molar-refractivity contribution in [1.29, 1.82) is 0 Å². The summed E-state index contributed by atoms with van der Waals surface area (Å²) in [5, 5.41) is 0. The van der Waals surface area contributed by atoms with E-state index in [1.54, 1.807) is 36.4 Å². The third-order valence-corrected chi connectivity index (χ3v) is 5.45. The van der Waals surface area contributed by atoms with Crippen LogP contribution in [0.5, 0.6) is 0 Å². The molecule has 0 spiro atoms. The maximum Gasteiger partial charge on any atom is 0.337 e. The maximum atomic E-state index is 14.3. The van der Waals surface area contributed by atoms with Crippen LogP contribution >= 0.6 is 0 Å². The van der Waals surface area contributed by atoms with Gasteiger partial charge < -0.3 is 4.57 Å². The minimum atomic E-state index is -0.641. The molecule has 5 rings (SSSR count). The Morgan fingerprint density at radius 2 is 1.58 bits per heavy atom. The number of fused-ring (bicyclic) bond motifs is 1. The first-order valence-electron chi connectivity index (χ1n) is 10.3. The molecule has 164 valence electrons. The van der Waals surface area contributed by atoms with Gasteiger partial charge in [-0.2, -0.15) is 0 Å². The Kier molecular flexibility index (Phi) is 5.18. The summed E-state index contributed by atoms with van der Waals surface area (Å²) in [4.78, 5) is 31.2. The first-order valence-corrected chi connectivity index (χ1v) is 10.3. The average Bonchev–Trinajstić information content (AvgIpc) is 3.22. The van der Waals surface area contributed by atoms with Gasteiger partial charge in [-0.15, -0.1) is 0 Å². The number of rotatable bonds is 5. The minimum Gasteiger partial charge on any atom is -0.320 e. The fourth-order valence-electron chi connectivity index (χ4n) is 3.86. The van der Waals surface area contributed by atoms with E-state index in [1.165, 1.54) is 39.7 Å². The Labute approximate surface area is 186 Å². The molecule has 0 atom stereocenters. The van der Waals surface area contributed by atoms with Crippen LogP contribution in [0.1, 0.15) is 11.1 Å². The number of benzene rings is 3. The summed E-state index contributed by atoms with van der Waals surface area (Å²) in [6.45, 7) is 0.0692. The molecule has 0 unspecified atom stereocenters. The van der Waals surface area contributed by atoms with Crippen LogP contribution in [-0.2, 0) is 13.1 Å². The van der Waals surface area contributed by atoms with E-state index in [-0.39, 0.29) is 29.9 Å². The average molecular weight is 444 g/mol. The van der Waals surface area contributed by atoms with Crippen LogP contribution in [0.4, 0.5) is 8.78 Å². The molecule has 5 aromatic rings. The highest BCUT2D eigenvalue weighted by Crippen LogP contribution is 2.17. The van der Waals surface area contributed by atoms with E-state index in [0.29, 0.717) is 5.56 Å². The lowest BCUT2D eigenvalue weighted by Gasteiger charge is -2.13. The van der Waals surface area contributed by atoms with Gasteiger partial charge in [-0.25, -0.2) is 23.1 Å². The molecule has 8 heteroatoms. The van der Waals surface area contributed by atoms with Gasteiger partial charge in [0.1, 0.15) is 11.6 Å². The molecule has 0 amide bonds.